The molecule has 0 spiro atoms. The number of rotatable bonds is 6. The third-order valence-corrected chi connectivity index (χ3v) is 6.26. The highest BCUT2D eigenvalue weighted by Crippen LogP contribution is 2.40. The normalized spacial score (nSPS) is 13.6. The van der Waals surface area contributed by atoms with E-state index in [0.717, 1.165) is 34.8 Å². The Labute approximate surface area is 180 Å². The summed E-state index contributed by atoms with van der Waals surface area (Å²) in [6, 6.07) is 24.0. The second-order valence-corrected chi connectivity index (χ2v) is 8.13. The Morgan fingerprint density at radius 3 is 2.40 bits per heavy atom. The summed E-state index contributed by atoms with van der Waals surface area (Å²) >= 11 is 1.50. The first-order valence-corrected chi connectivity index (χ1v) is 10.8. The van der Waals surface area contributed by atoms with E-state index in [1.165, 1.54) is 11.3 Å². The number of thiophene rings is 1. The average molecular weight is 418 g/mol. The van der Waals surface area contributed by atoms with E-state index in [0.29, 0.717) is 24.6 Å². The number of ether oxygens (including phenoxy) is 1. The molecule has 1 fully saturated rings. The van der Waals surface area contributed by atoms with Crippen molar-refractivity contribution < 1.29 is 9.53 Å². The summed E-state index contributed by atoms with van der Waals surface area (Å²) in [7, 11) is 0. The standard InChI is InChI=1S/C24H23N3O2S/c25-11-12-27(18-19-7-3-1-4-8-19)23(28)22-17-21(20-9-5-2-6-10-20)24(30-22)26-13-15-29-16-14-26/h1-10,17H,12-16,18H2. The molecule has 3 aromatic rings. The minimum Gasteiger partial charge on any atom is -0.378 e. The molecule has 6 heteroatoms. The van der Waals surface area contributed by atoms with Gasteiger partial charge in [-0.25, -0.2) is 0 Å². The van der Waals surface area contributed by atoms with E-state index in [4.69, 9.17) is 4.74 Å². The molecule has 2 heterocycles. The molecular weight excluding hydrogens is 394 g/mol. The van der Waals surface area contributed by atoms with Crippen molar-refractivity contribution in [1.82, 2.24) is 4.90 Å². The first kappa shape index (κ1) is 20.1. The molecule has 30 heavy (non-hydrogen) atoms. The Balaban J connectivity index is 1.67. The predicted octanol–water partition coefficient (Wildman–Crippen LogP) is 4.42. The third kappa shape index (κ3) is 4.54. The number of hydrogen-bond acceptors (Lipinski definition) is 5. The van der Waals surface area contributed by atoms with Crippen molar-refractivity contribution in [3.63, 3.8) is 0 Å². The van der Waals surface area contributed by atoms with Crippen molar-refractivity contribution in [2.75, 3.05) is 37.7 Å². The van der Waals surface area contributed by atoms with Gasteiger partial charge in [-0.05, 0) is 17.2 Å². The van der Waals surface area contributed by atoms with Gasteiger partial charge in [-0.2, -0.15) is 5.26 Å². The van der Waals surface area contributed by atoms with Crippen molar-refractivity contribution in [2.45, 2.75) is 6.54 Å². The number of carbonyl (C=O) groups excluding carboxylic acids is 1. The molecule has 0 aliphatic carbocycles. The minimum absolute atomic E-state index is 0.0547. The van der Waals surface area contributed by atoms with Crippen LogP contribution in [0, 0.1) is 11.3 Å². The van der Waals surface area contributed by atoms with Gasteiger partial charge in [-0.1, -0.05) is 60.7 Å². The number of hydrogen-bond donors (Lipinski definition) is 0. The van der Waals surface area contributed by atoms with Crippen LogP contribution < -0.4 is 4.90 Å². The lowest BCUT2D eigenvalue weighted by Crippen LogP contribution is -2.35. The summed E-state index contributed by atoms with van der Waals surface area (Å²) in [5.74, 6) is -0.109. The lowest BCUT2D eigenvalue weighted by molar-refractivity contribution is 0.0770. The second-order valence-electron chi connectivity index (χ2n) is 7.10. The first-order chi connectivity index (χ1) is 14.8. The lowest BCUT2D eigenvalue weighted by Gasteiger charge is -2.28. The van der Waals surface area contributed by atoms with Crippen LogP contribution >= 0.6 is 11.3 Å². The molecule has 1 aliphatic rings. The van der Waals surface area contributed by atoms with Crippen molar-refractivity contribution in [2.24, 2.45) is 0 Å². The van der Waals surface area contributed by atoms with Crippen LogP contribution in [0.4, 0.5) is 5.00 Å². The first-order valence-electron chi connectivity index (χ1n) is 9.98. The Morgan fingerprint density at radius 2 is 1.73 bits per heavy atom. The molecule has 0 bridgehead atoms. The summed E-state index contributed by atoms with van der Waals surface area (Å²) in [6.45, 7) is 3.45. The van der Waals surface area contributed by atoms with Gasteiger partial charge in [-0.15, -0.1) is 11.3 Å². The molecule has 2 aromatic carbocycles. The number of carbonyl (C=O) groups is 1. The van der Waals surface area contributed by atoms with Crippen LogP contribution in [0.3, 0.4) is 0 Å². The molecule has 152 valence electrons. The largest absolute Gasteiger partial charge is 0.378 e. The summed E-state index contributed by atoms with van der Waals surface area (Å²) < 4.78 is 5.51. The van der Waals surface area contributed by atoms with Crippen molar-refractivity contribution in [3.8, 4) is 17.2 Å². The third-order valence-electron chi connectivity index (χ3n) is 5.07. The summed E-state index contributed by atoms with van der Waals surface area (Å²) in [4.78, 5) is 17.9. The zero-order valence-corrected chi connectivity index (χ0v) is 17.5. The quantitative estimate of drug-likeness (QED) is 0.557. The van der Waals surface area contributed by atoms with Crippen LogP contribution in [-0.2, 0) is 11.3 Å². The van der Waals surface area contributed by atoms with Gasteiger partial charge in [0.15, 0.2) is 0 Å². The second kappa shape index (κ2) is 9.57. The SMILES string of the molecule is N#CCN(Cc1ccccc1)C(=O)c1cc(-c2ccccc2)c(N2CCOCC2)s1. The zero-order valence-electron chi connectivity index (χ0n) is 16.7. The van der Waals surface area contributed by atoms with Crippen LogP contribution in [0.1, 0.15) is 15.2 Å². The van der Waals surface area contributed by atoms with Gasteiger partial charge in [0.2, 0.25) is 0 Å². The number of anilines is 1. The number of morpholine rings is 1. The average Bonchev–Trinajstić information content (AvgIpc) is 3.26. The molecule has 1 aromatic heterocycles. The fraction of sp³-hybridized carbons (Fsp3) is 0.250. The van der Waals surface area contributed by atoms with E-state index in [-0.39, 0.29) is 12.5 Å². The molecule has 0 radical (unpaired) electrons. The number of nitrogens with zero attached hydrogens (tertiary/aromatic N) is 3. The Bertz CT molecular complexity index is 1020. The van der Waals surface area contributed by atoms with E-state index >= 15 is 0 Å². The molecule has 0 unspecified atom stereocenters. The molecule has 0 N–H and O–H groups in total. The van der Waals surface area contributed by atoms with Crippen LogP contribution in [0.2, 0.25) is 0 Å². The molecule has 1 amide bonds. The smallest absolute Gasteiger partial charge is 0.265 e. The Kier molecular flexibility index (Phi) is 6.43. The van der Waals surface area contributed by atoms with Crippen LogP contribution in [-0.4, -0.2) is 43.7 Å². The van der Waals surface area contributed by atoms with Crippen LogP contribution in [0.15, 0.2) is 66.7 Å². The van der Waals surface area contributed by atoms with Gasteiger partial charge in [0.1, 0.15) is 6.54 Å². The Hall–Kier alpha value is -3.14. The van der Waals surface area contributed by atoms with E-state index in [1.54, 1.807) is 4.90 Å². The van der Waals surface area contributed by atoms with E-state index in [9.17, 15) is 10.1 Å². The molecule has 1 aliphatic heterocycles. The van der Waals surface area contributed by atoms with Gasteiger partial charge in [-0.3, -0.25) is 4.79 Å². The predicted molar refractivity (Wildman–Crippen MR) is 120 cm³/mol. The van der Waals surface area contributed by atoms with Gasteiger partial charge < -0.3 is 14.5 Å². The highest BCUT2D eigenvalue weighted by Gasteiger charge is 2.24. The van der Waals surface area contributed by atoms with E-state index in [2.05, 4.69) is 23.1 Å². The van der Waals surface area contributed by atoms with Crippen molar-refractivity contribution >= 4 is 22.2 Å². The van der Waals surface area contributed by atoms with E-state index < -0.39 is 0 Å². The summed E-state index contributed by atoms with van der Waals surface area (Å²) in [6.07, 6.45) is 0. The van der Waals surface area contributed by atoms with Crippen LogP contribution in [0.5, 0.6) is 0 Å². The number of nitriles is 1. The fourth-order valence-corrected chi connectivity index (χ4v) is 4.76. The zero-order chi connectivity index (χ0) is 20.8. The highest BCUT2D eigenvalue weighted by atomic mass is 32.1. The van der Waals surface area contributed by atoms with Gasteiger partial charge >= 0.3 is 0 Å². The van der Waals surface area contributed by atoms with Gasteiger partial charge in [0.25, 0.3) is 5.91 Å². The van der Waals surface area contributed by atoms with Crippen LogP contribution in [0.25, 0.3) is 11.1 Å². The maximum atomic E-state index is 13.4. The number of amides is 1. The summed E-state index contributed by atoms with van der Waals surface area (Å²) in [5, 5.41) is 10.4. The maximum absolute atomic E-state index is 13.4. The molecule has 0 atom stereocenters. The van der Waals surface area contributed by atoms with Crippen molar-refractivity contribution in [3.05, 3.63) is 77.2 Å². The van der Waals surface area contributed by atoms with Crippen molar-refractivity contribution in [1.29, 1.82) is 5.26 Å². The Morgan fingerprint density at radius 1 is 1.07 bits per heavy atom. The molecule has 0 saturated carbocycles. The highest BCUT2D eigenvalue weighted by molar-refractivity contribution is 7.18. The lowest BCUT2D eigenvalue weighted by atomic mass is 10.1. The maximum Gasteiger partial charge on any atom is 0.265 e. The monoisotopic (exact) mass is 417 g/mol. The minimum atomic E-state index is -0.109. The topological polar surface area (TPSA) is 56.6 Å². The molecule has 5 nitrogen and oxygen atoms in total. The van der Waals surface area contributed by atoms with E-state index in [1.807, 2.05) is 54.6 Å². The van der Waals surface area contributed by atoms with Gasteiger partial charge in [0.05, 0.1) is 29.2 Å². The molecule has 1 saturated heterocycles. The fourth-order valence-electron chi connectivity index (χ4n) is 3.56. The number of benzene rings is 2. The van der Waals surface area contributed by atoms with Gasteiger partial charge in [0, 0.05) is 25.2 Å². The molecular formula is C24H23N3O2S. The molecule has 4 rings (SSSR count). The summed E-state index contributed by atoms with van der Waals surface area (Å²) in [5.41, 5.74) is 3.15.